The minimum atomic E-state index is -0.181. The zero-order valence-electron chi connectivity index (χ0n) is 19.9. The number of nitrogens with one attached hydrogen (secondary N) is 2. The third-order valence-corrected chi connectivity index (χ3v) is 5.71. The highest BCUT2D eigenvalue weighted by Gasteiger charge is 2.22. The summed E-state index contributed by atoms with van der Waals surface area (Å²) in [6.07, 6.45) is 1.78. The number of methoxy groups -OCH3 is 1. The highest BCUT2D eigenvalue weighted by Crippen LogP contribution is 2.41. The van der Waals surface area contributed by atoms with E-state index in [9.17, 15) is 0 Å². The first-order valence-corrected chi connectivity index (χ1v) is 10.8. The Labute approximate surface area is 191 Å². The maximum Gasteiger partial charge on any atom is 0.145 e. The predicted octanol–water partition coefficient (Wildman–Crippen LogP) is 5.40. The number of rotatable bonds is 4. The fraction of sp³-hybridized carbons (Fsp3) is 0.333. The highest BCUT2D eigenvalue weighted by molar-refractivity contribution is 6.13. The summed E-state index contributed by atoms with van der Waals surface area (Å²) in [7, 11) is 1.67. The van der Waals surface area contributed by atoms with E-state index in [0.717, 1.165) is 56.1 Å². The molecule has 0 saturated heterocycles. The minimum Gasteiger partial charge on any atom is -0.496 e. The summed E-state index contributed by atoms with van der Waals surface area (Å²) in [5.41, 5.74) is 4.15. The smallest absolute Gasteiger partial charge is 0.145 e. The van der Waals surface area contributed by atoms with E-state index in [0.29, 0.717) is 11.6 Å². The van der Waals surface area contributed by atoms with Crippen molar-refractivity contribution in [3.05, 3.63) is 41.7 Å². The van der Waals surface area contributed by atoms with Gasteiger partial charge in [-0.2, -0.15) is 5.10 Å². The number of aromatic nitrogens is 6. The molecule has 33 heavy (non-hydrogen) atoms. The van der Waals surface area contributed by atoms with Crippen LogP contribution >= 0.6 is 0 Å². The van der Waals surface area contributed by atoms with E-state index in [1.54, 1.807) is 13.3 Å². The number of fused-ring (bicyclic) bond motifs is 3. The SMILES string of the molecule is COc1cc2c(cc1-c1c(C)noc1C)[nH]c1nc(C)nc(Nc3ccnn3C(C)(C)C)c12. The molecule has 0 aliphatic heterocycles. The lowest BCUT2D eigenvalue weighted by molar-refractivity contribution is 0.361. The van der Waals surface area contributed by atoms with Crippen LogP contribution in [0.2, 0.25) is 0 Å². The van der Waals surface area contributed by atoms with E-state index in [1.807, 2.05) is 37.6 Å². The van der Waals surface area contributed by atoms with Crippen LogP contribution in [0, 0.1) is 20.8 Å². The topological polar surface area (TPSA) is 107 Å². The molecule has 5 aromatic rings. The monoisotopic (exact) mass is 445 g/mol. The van der Waals surface area contributed by atoms with Crippen LogP contribution in [0.1, 0.15) is 38.0 Å². The first-order valence-electron chi connectivity index (χ1n) is 10.8. The maximum absolute atomic E-state index is 5.78. The van der Waals surface area contributed by atoms with Crippen molar-refractivity contribution < 1.29 is 9.26 Å². The van der Waals surface area contributed by atoms with Gasteiger partial charge >= 0.3 is 0 Å². The Kier molecular flexibility index (Phi) is 4.66. The number of aryl methyl sites for hydroxylation is 3. The molecule has 0 atom stereocenters. The third-order valence-electron chi connectivity index (χ3n) is 5.71. The summed E-state index contributed by atoms with van der Waals surface area (Å²) in [6.45, 7) is 12.0. The van der Waals surface area contributed by atoms with Crippen LogP contribution < -0.4 is 10.1 Å². The van der Waals surface area contributed by atoms with Gasteiger partial charge in [0.1, 0.15) is 34.6 Å². The molecule has 9 heteroatoms. The number of nitrogens with zero attached hydrogens (tertiary/aromatic N) is 5. The average Bonchev–Trinajstić information content (AvgIpc) is 3.43. The largest absolute Gasteiger partial charge is 0.496 e. The molecule has 0 aliphatic carbocycles. The second-order valence-corrected chi connectivity index (χ2v) is 9.19. The molecule has 1 aromatic carbocycles. The molecule has 0 unspecified atom stereocenters. The van der Waals surface area contributed by atoms with Gasteiger partial charge in [0.25, 0.3) is 0 Å². The molecular formula is C24H27N7O2. The first kappa shape index (κ1) is 21.0. The van der Waals surface area contributed by atoms with Crippen LogP contribution in [0.5, 0.6) is 5.75 Å². The van der Waals surface area contributed by atoms with Crippen molar-refractivity contribution in [2.45, 2.75) is 47.1 Å². The zero-order valence-corrected chi connectivity index (χ0v) is 19.9. The Morgan fingerprint density at radius 3 is 2.58 bits per heavy atom. The maximum atomic E-state index is 5.78. The highest BCUT2D eigenvalue weighted by atomic mass is 16.5. The second kappa shape index (κ2) is 7.33. The third kappa shape index (κ3) is 3.40. The number of H-pyrrole nitrogens is 1. The van der Waals surface area contributed by atoms with Crippen molar-refractivity contribution in [2.75, 3.05) is 12.4 Å². The standard InChI is InChI=1S/C24H27N7O2/c1-12-20(13(2)33-30-12)16-10-17-15(11-18(16)32-7)21-22(28-17)26-14(3)27-23(21)29-19-8-9-25-31(19)24(4,5)6/h8-11H,1-7H3,(H2,26,27,28,29). The van der Waals surface area contributed by atoms with Gasteiger partial charge in [0, 0.05) is 22.5 Å². The molecule has 9 nitrogen and oxygen atoms in total. The van der Waals surface area contributed by atoms with Crippen LogP contribution in [-0.4, -0.2) is 37.0 Å². The summed E-state index contributed by atoms with van der Waals surface area (Å²) in [6, 6.07) is 6.01. The molecule has 5 rings (SSSR count). The summed E-state index contributed by atoms with van der Waals surface area (Å²) in [5.74, 6) is 3.70. The average molecular weight is 446 g/mol. The number of anilines is 2. The molecular weight excluding hydrogens is 418 g/mol. The Hall–Kier alpha value is -3.88. The molecule has 4 aromatic heterocycles. The Bertz CT molecular complexity index is 1480. The van der Waals surface area contributed by atoms with Gasteiger partial charge in [-0.25, -0.2) is 14.6 Å². The first-order chi connectivity index (χ1) is 15.7. The number of hydrogen-bond acceptors (Lipinski definition) is 7. The number of benzene rings is 1. The van der Waals surface area contributed by atoms with Crippen molar-refractivity contribution in [3.63, 3.8) is 0 Å². The van der Waals surface area contributed by atoms with E-state index in [1.165, 1.54) is 0 Å². The van der Waals surface area contributed by atoms with Crippen molar-refractivity contribution >= 4 is 33.6 Å². The van der Waals surface area contributed by atoms with Gasteiger partial charge in [0.05, 0.1) is 35.5 Å². The van der Waals surface area contributed by atoms with Crippen molar-refractivity contribution in [1.29, 1.82) is 0 Å². The Balaban J connectivity index is 1.74. The number of ether oxygens (including phenoxy) is 1. The van der Waals surface area contributed by atoms with Crippen molar-refractivity contribution in [1.82, 2.24) is 29.9 Å². The van der Waals surface area contributed by atoms with Gasteiger partial charge in [-0.05, 0) is 53.7 Å². The molecule has 0 aliphatic rings. The summed E-state index contributed by atoms with van der Waals surface area (Å²) >= 11 is 0. The molecule has 0 saturated carbocycles. The lowest BCUT2D eigenvalue weighted by atomic mass is 10.0. The molecule has 0 fully saturated rings. The van der Waals surface area contributed by atoms with Crippen LogP contribution in [-0.2, 0) is 5.54 Å². The van der Waals surface area contributed by atoms with Crippen LogP contribution in [0.3, 0.4) is 0 Å². The van der Waals surface area contributed by atoms with Gasteiger partial charge < -0.3 is 19.6 Å². The van der Waals surface area contributed by atoms with E-state index >= 15 is 0 Å². The summed E-state index contributed by atoms with van der Waals surface area (Å²) < 4.78 is 13.1. The Morgan fingerprint density at radius 1 is 1.12 bits per heavy atom. The molecule has 0 bridgehead atoms. The van der Waals surface area contributed by atoms with E-state index in [2.05, 4.69) is 52.4 Å². The quantitative estimate of drug-likeness (QED) is 0.382. The lowest BCUT2D eigenvalue weighted by Gasteiger charge is -2.22. The van der Waals surface area contributed by atoms with Crippen LogP contribution in [0.15, 0.2) is 28.9 Å². The van der Waals surface area contributed by atoms with Crippen molar-refractivity contribution in [3.8, 4) is 16.9 Å². The summed E-state index contributed by atoms with van der Waals surface area (Å²) in [4.78, 5) is 12.8. The fourth-order valence-electron chi connectivity index (χ4n) is 4.31. The predicted molar refractivity (Wildman–Crippen MR) is 128 cm³/mol. The van der Waals surface area contributed by atoms with Gasteiger partial charge in [0.2, 0.25) is 0 Å². The second-order valence-electron chi connectivity index (χ2n) is 9.19. The van der Waals surface area contributed by atoms with E-state index in [-0.39, 0.29) is 5.54 Å². The normalized spacial score (nSPS) is 12.1. The molecule has 170 valence electrons. The lowest BCUT2D eigenvalue weighted by Crippen LogP contribution is -2.24. The van der Waals surface area contributed by atoms with Gasteiger partial charge in [-0.3, -0.25) is 0 Å². The van der Waals surface area contributed by atoms with Crippen LogP contribution in [0.4, 0.5) is 11.6 Å². The number of aromatic amines is 1. The van der Waals surface area contributed by atoms with Crippen LogP contribution in [0.25, 0.3) is 33.1 Å². The fourth-order valence-corrected chi connectivity index (χ4v) is 4.31. The molecule has 0 amide bonds. The van der Waals surface area contributed by atoms with E-state index in [4.69, 9.17) is 14.2 Å². The van der Waals surface area contributed by atoms with E-state index < -0.39 is 0 Å². The number of hydrogen-bond donors (Lipinski definition) is 2. The van der Waals surface area contributed by atoms with Gasteiger partial charge in [0.15, 0.2) is 0 Å². The summed E-state index contributed by atoms with van der Waals surface area (Å²) in [5, 5.41) is 13.9. The molecule has 4 heterocycles. The molecule has 2 N–H and O–H groups in total. The van der Waals surface area contributed by atoms with Gasteiger partial charge in [-0.15, -0.1) is 0 Å². The molecule has 0 spiro atoms. The van der Waals surface area contributed by atoms with Crippen molar-refractivity contribution in [2.24, 2.45) is 0 Å². The van der Waals surface area contributed by atoms with Gasteiger partial charge in [-0.1, -0.05) is 5.16 Å². The minimum absolute atomic E-state index is 0.181. The molecule has 0 radical (unpaired) electrons. The zero-order chi connectivity index (χ0) is 23.5. The Morgan fingerprint density at radius 2 is 1.91 bits per heavy atom.